The van der Waals surface area contributed by atoms with Gasteiger partial charge in [0.05, 0.1) is 0 Å². The topological polar surface area (TPSA) is 0 Å². The Morgan fingerprint density at radius 3 is 2.00 bits per heavy atom. The zero-order valence-corrected chi connectivity index (χ0v) is 11.7. The molecule has 0 saturated carbocycles. The van der Waals surface area contributed by atoms with Crippen LogP contribution in [0.15, 0.2) is 48.5 Å². The van der Waals surface area contributed by atoms with E-state index in [2.05, 4.69) is 93.7 Å². The van der Waals surface area contributed by atoms with Crippen molar-refractivity contribution < 1.29 is 0 Å². The monoisotopic (exact) mass is 406 g/mol. The molecule has 0 spiro atoms. The van der Waals surface area contributed by atoms with E-state index < -0.39 is 0 Å². The van der Waals surface area contributed by atoms with Crippen LogP contribution in [0.25, 0.3) is 11.1 Å². The van der Waals surface area contributed by atoms with Crippen LogP contribution in [0.4, 0.5) is 0 Å². The second-order valence-electron chi connectivity index (χ2n) is 3.02. The fourth-order valence-corrected chi connectivity index (χ4v) is 2.21. The molecule has 2 aromatic carbocycles. The molecule has 0 nitrogen and oxygen atoms in total. The van der Waals surface area contributed by atoms with Crippen LogP contribution in [-0.4, -0.2) is 0 Å². The predicted octanol–water partition coefficient (Wildman–Crippen LogP) is 4.56. The lowest BCUT2D eigenvalue weighted by Gasteiger charge is -2.01. The van der Waals surface area contributed by atoms with Crippen molar-refractivity contribution in [1.29, 1.82) is 0 Å². The smallest absolute Gasteiger partial charge is 0.0136 e. The molecule has 0 bridgehead atoms. The minimum Gasteiger partial charge on any atom is -0.0606 e. The SMILES string of the molecule is Ic1ccc(-c2cccc(I)c2)cc1. The molecule has 2 heteroatoms. The fourth-order valence-electron chi connectivity index (χ4n) is 1.31. The Balaban J connectivity index is 2.44. The van der Waals surface area contributed by atoms with Gasteiger partial charge in [-0.2, -0.15) is 0 Å². The molecule has 0 aromatic heterocycles. The molecule has 0 atom stereocenters. The highest BCUT2D eigenvalue weighted by molar-refractivity contribution is 14.1. The van der Waals surface area contributed by atoms with E-state index in [1.54, 1.807) is 0 Å². The molecule has 2 rings (SSSR count). The van der Waals surface area contributed by atoms with Gasteiger partial charge in [0, 0.05) is 7.14 Å². The van der Waals surface area contributed by atoms with Gasteiger partial charge in [-0.05, 0) is 80.6 Å². The Kier molecular flexibility index (Phi) is 3.43. The Hall–Kier alpha value is -0.100. The van der Waals surface area contributed by atoms with Crippen LogP contribution >= 0.6 is 45.2 Å². The van der Waals surface area contributed by atoms with E-state index in [1.165, 1.54) is 18.3 Å². The molecule has 0 N–H and O–H groups in total. The van der Waals surface area contributed by atoms with Gasteiger partial charge in [-0.25, -0.2) is 0 Å². The summed E-state index contributed by atoms with van der Waals surface area (Å²) >= 11 is 4.66. The van der Waals surface area contributed by atoms with E-state index >= 15 is 0 Å². The summed E-state index contributed by atoms with van der Waals surface area (Å²) in [4.78, 5) is 0. The molecule has 0 amide bonds. The number of rotatable bonds is 1. The molecule has 0 saturated heterocycles. The first-order chi connectivity index (χ1) is 6.75. The van der Waals surface area contributed by atoms with Gasteiger partial charge < -0.3 is 0 Å². The quantitative estimate of drug-likeness (QED) is 0.610. The second-order valence-corrected chi connectivity index (χ2v) is 5.51. The average molecular weight is 406 g/mol. The van der Waals surface area contributed by atoms with E-state index in [1.807, 2.05) is 0 Å². The minimum atomic E-state index is 1.27. The van der Waals surface area contributed by atoms with Gasteiger partial charge in [-0.15, -0.1) is 0 Å². The van der Waals surface area contributed by atoms with Gasteiger partial charge in [0.1, 0.15) is 0 Å². The molecular weight excluding hydrogens is 398 g/mol. The summed E-state index contributed by atoms with van der Waals surface area (Å²) in [6, 6.07) is 17.1. The summed E-state index contributed by atoms with van der Waals surface area (Å²) in [5.74, 6) is 0. The Morgan fingerprint density at radius 1 is 0.643 bits per heavy atom. The van der Waals surface area contributed by atoms with Crippen LogP contribution in [0, 0.1) is 7.14 Å². The first-order valence-corrected chi connectivity index (χ1v) is 6.43. The maximum Gasteiger partial charge on any atom is 0.0136 e. The highest BCUT2D eigenvalue weighted by Crippen LogP contribution is 2.21. The maximum absolute atomic E-state index is 2.34. The third-order valence-electron chi connectivity index (χ3n) is 2.00. The molecule has 2 aromatic rings. The molecule has 0 aliphatic carbocycles. The van der Waals surface area contributed by atoms with Crippen LogP contribution in [0.3, 0.4) is 0 Å². The lowest BCUT2D eigenvalue weighted by atomic mass is 10.1. The van der Waals surface area contributed by atoms with Crippen molar-refractivity contribution in [3.8, 4) is 11.1 Å². The molecule has 14 heavy (non-hydrogen) atoms. The van der Waals surface area contributed by atoms with Crippen LogP contribution in [0.1, 0.15) is 0 Å². The maximum atomic E-state index is 2.34. The molecule has 0 aliphatic rings. The van der Waals surface area contributed by atoms with Crippen LogP contribution in [0.5, 0.6) is 0 Å². The van der Waals surface area contributed by atoms with Crippen LogP contribution < -0.4 is 0 Å². The predicted molar refractivity (Wildman–Crippen MR) is 77.3 cm³/mol. The second kappa shape index (κ2) is 4.61. The lowest BCUT2D eigenvalue weighted by molar-refractivity contribution is 1.57. The van der Waals surface area contributed by atoms with Gasteiger partial charge in [-0.3, -0.25) is 0 Å². The van der Waals surface area contributed by atoms with Gasteiger partial charge >= 0.3 is 0 Å². The molecule has 0 radical (unpaired) electrons. The normalized spacial score (nSPS) is 10.1. The standard InChI is InChI=1S/C12H8I2/c13-11-6-4-9(5-7-11)10-2-1-3-12(14)8-10/h1-8H. The highest BCUT2D eigenvalue weighted by Gasteiger charge is 1.97. The van der Waals surface area contributed by atoms with E-state index in [4.69, 9.17) is 0 Å². The van der Waals surface area contributed by atoms with E-state index in [0.717, 1.165) is 0 Å². The summed E-state index contributed by atoms with van der Waals surface area (Å²) < 4.78 is 2.55. The van der Waals surface area contributed by atoms with Crippen molar-refractivity contribution in [3.63, 3.8) is 0 Å². The first kappa shape index (κ1) is 10.4. The molecule has 0 aliphatic heterocycles. The zero-order chi connectivity index (χ0) is 9.97. The lowest BCUT2D eigenvalue weighted by Crippen LogP contribution is -1.79. The van der Waals surface area contributed by atoms with Crippen LogP contribution in [-0.2, 0) is 0 Å². The van der Waals surface area contributed by atoms with Crippen molar-refractivity contribution in [2.45, 2.75) is 0 Å². The number of hydrogen-bond acceptors (Lipinski definition) is 0. The molecule has 0 unspecified atom stereocenters. The summed E-state index contributed by atoms with van der Waals surface area (Å²) in [5.41, 5.74) is 2.57. The third-order valence-corrected chi connectivity index (χ3v) is 3.39. The van der Waals surface area contributed by atoms with Gasteiger partial charge in [0.25, 0.3) is 0 Å². The third kappa shape index (κ3) is 2.48. The minimum absolute atomic E-state index is 1.27. The molecular formula is C12H8I2. The van der Waals surface area contributed by atoms with E-state index in [9.17, 15) is 0 Å². The molecule has 0 heterocycles. The van der Waals surface area contributed by atoms with Gasteiger partial charge in [0.15, 0.2) is 0 Å². The molecule has 0 fully saturated rings. The van der Waals surface area contributed by atoms with Crippen molar-refractivity contribution in [2.24, 2.45) is 0 Å². The summed E-state index contributed by atoms with van der Waals surface area (Å²) in [5, 5.41) is 0. The van der Waals surface area contributed by atoms with Crippen molar-refractivity contribution in [1.82, 2.24) is 0 Å². The van der Waals surface area contributed by atoms with Gasteiger partial charge in [0.2, 0.25) is 0 Å². The first-order valence-electron chi connectivity index (χ1n) is 4.27. The number of halogens is 2. The Labute approximate surface area is 111 Å². The highest BCUT2D eigenvalue weighted by atomic mass is 127. The van der Waals surface area contributed by atoms with E-state index in [0.29, 0.717) is 0 Å². The summed E-state index contributed by atoms with van der Waals surface area (Å²) in [7, 11) is 0. The summed E-state index contributed by atoms with van der Waals surface area (Å²) in [6.45, 7) is 0. The Bertz CT molecular complexity index is 432. The number of benzene rings is 2. The Morgan fingerprint density at radius 2 is 1.36 bits per heavy atom. The average Bonchev–Trinajstić information content (AvgIpc) is 2.19. The van der Waals surface area contributed by atoms with Crippen LogP contribution in [0.2, 0.25) is 0 Å². The molecule has 70 valence electrons. The van der Waals surface area contributed by atoms with Crippen molar-refractivity contribution in [3.05, 3.63) is 55.7 Å². The van der Waals surface area contributed by atoms with Crippen molar-refractivity contribution >= 4 is 45.2 Å². The van der Waals surface area contributed by atoms with E-state index in [-0.39, 0.29) is 0 Å². The number of hydrogen-bond donors (Lipinski definition) is 0. The van der Waals surface area contributed by atoms with Crippen molar-refractivity contribution in [2.75, 3.05) is 0 Å². The fraction of sp³-hybridized carbons (Fsp3) is 0. The summed E-state index contributed by atoms with van der Waals surface area (Å²) in [6.07, 6.45) is 0. The zero-order valence-electron chi connectivity index (χ0n) is 7.37. The largest absolute Gasteiger partial charge is 0.0606 e. The van der Waals surface area contributed by atoms with Gasteiger partial charge in [-0.1, -0.05) is 24.3 Å².